The Morgan fingerprint density at radius 2 is 2.00 bits per heavy atom. The first-order chi connectivity index (χ1) is 8.92. The molecule has 20 heavy (non-hydrogen) atoms. The van der Waals surface area contributed by atoms with Crippen LogP contribution in [-0.4, -0.2) is 39.0 Å². The number of carbonyl (C=O) groups is 1. The third kappa shape index (κ3) is 4.23. The molecular weight excluding hydrogens is 301 g/mol. The van der Waals surface area contributed by atoms with E-state index < -0.39 is 35.1 Å². The van der Waals surface area contributed by atoms with Gasteiger partial charge < -0.3 is 9.32 Å². The Morgan fingerprint density at radius 3 is 2.40 bits per heavy atom. The zero-order chi connectivity index (χ0) is 15.7. The number of aryl methyl sites for hydroxylation is 1. The molecule has 114 valence electrons. The van der Waals surface area contributed by atoms with Crippen LogP contribution in [0.1, 0.15) is 22.7 Å². The summed E-state index contributed by atoms with van der Waals surface area (Å²) in [6, 6.07) is 0.900. The van der Waals surface area contributed by atoms with Crippen molar-refractivity contribution < 1.29 is 30.8 Å². The maximum absolute atomic E-state index is 12.0. The highest BCUT2D eigenvalue weighted by atomic mass is 32.2. The highest BCUT2D eigenvalue weighted by Gasteiger charge is 2.29. The van der Waals surface area contributed by atoms with Gasteiger partial charge in [-0.05, 0) is 6.92 Å². The van der Waals surface area contributed by atoms with E-state index in [2.05, 4.69) is 0 Å². The zero-order valence-electron chi connectivity index (χ0n) is 10.7. The molecular formula is C10H13F3N2O4S. The van der Waals surface area contributed by atoms with Gasteiger partial charge in [0, 0.05) is 19.7 Å². The van der Waals surface area contributed by atoms with Gasteiger partial charge in [-0.2, -0.15) is 13.2 Å². The second-order valence-corrected chi connectivity index (χ2v) is 5.70. The van der Waals surface area contributed by atoms with E-state index in [1.165, 1.54) is 6.92 Å². The second-order valence-electron chi connectivity index (χ2n) is 4.17. The van der Waals surface area contributed by atoms with E-state index in [0.29, 0.717) is 0 Å². The van der Waals surface area contributed by atoms with Crippen LogP contribution in [0.2, 0.25) is 0 Å². The highest BCUT2D eigenvalue weighted by Crippen LogP contribution is 2.22. The number of sulfonamides is 1. The van der Waals surface area contributed by atoms with Gasteiger partial charge in [-0.3, -0.25) is 4.79 Å². The van der Waals surface area contributed by atoms with Crippen LogP contribution < -0.4 is 5.14 Å². The van der Waals surface area contributed by atoms with Crippen molar-refractivity contribution in [2.75, 3.05) is 13.6 Å². The van der Waals surface area contributed by atoms with Crippen molar-refractivity contribution in [3.05, 3.63) is 17.6 Å². The molecule has 0 unspecified atom stereocenters. The number of carbonyl (C=O) groups excluding carboxylic acids is 1. The minimum atomic E-state index is -4.39. The molecule has 0 aliphatic rings. The average molecular weight is 314 g/mol. The molecule has 0 fully saturated rings. The summed E-state index contributed by atoms with van der Waals surface area (Å²) in [5.74, 6) is -1.33. The molecule has 1 heterocycles. The Kier molecular flexibility index (Phi) is 4.49. The number of nitrogens with zero attached hydrogens (tertiary/aromatic N) is 1. The quantitative estimate of drug-likeness (QED) is 0.905. The highest BCUT2D eigenvalue weighted by molar-refractivity contribution is 7.89. The van der Waals surface area contributed by atoms with Crippen molar-refractivity contribution in [1.82, 2.24) is 4.90 Å². The summed E-state index contributed by atoms with van der Waals surface area (Å²) in [7, 11) is -2.90. The van der Waals surface area contributed by atoms with E-state index in [0.717, 1.165) is 18.0 Å². The predicted octanol–water partition coefficient (Wildman–Crippen LogP) is 1.26. The number of furan rings is 1. The number of amides is 1. The summed E-state index contributed by atoms with van der Waals surface area (Å²) < 4.78 is 63.4. The fourth-order valence-electron chi connectivity index (χ4n) is 1.44. The standard InChI is InChI=1S/C10H13F3N2O4S/c1-6-8(20(14,17)18)5-7(19-6)9(16)15(2)4-3-10(11,12)13/h5H,3-4H2,1-2H3,(H2,14,17,18). The molecule has 0 aliphatic carbocycles. The summed E-state index contributed by atoms with van der Waals surface area (Å²) in [5.41, 5.74) is 0. The molecule has 6 nitrogen and oxygen atoms in total. The lowest BCUT2D eigenvalue weighted by atomic mass is 10.3. The summed E-state index contributed by atoms with van der Waals surface area (Å²) >= 11 is 0. The second kappa shape index (κ2) is 5.44. The Bertz CT molecular complexity index is 607. The normalized spacial score (nSPS) is 12.5. The van der Waals surface area contributed by atoms with Crippen LogP contribution in [0.4, 0.5) is 13.2 Å². The summed E-state index contributed by atoms with van der Waals surface area (Å²) in [5, 5.41) is 4.90. The van der Waals surface area contributed by atoms with Gasteiger partial charge in [-0.15, -0.1) is 0 Å². The van der Waals surface area contributed by atoms with E-state index in [4.69, 9.17) is 9.56 Å². The summed E-state index contributed by atoms with van der Waals surface area (Å²) in [6.45, 7) is 0.721. The Morgan fingerprint density at radius 1 is 1.45 bits per heavy atom. The van der Waals surface area contributed by atoms with Crippen molar-refractivity contribution in [3.8, 4) is 0 Å². The molecule has 1 amide bonds. The Balaban J connectivity index is 2.88. The Hall–Kier alpha value is -1.55. The van der Waals surface area contributed by atoms with Crippen molar-refractivity contribution in [2.45, 2.75) is 24.4 Å². The number of hydrogen-bond donors (Lipinski definition) is 1. The molecule has 1 aromatic rings. The number of hydrogen-bond acceptors (Lipinski definition) is 4. The van der Waals surface area contributed by atoms with Crippen LogP contribution in [0, 0.1) is 6.92 Å². The number of rotatable bonds is 4. The number of primary sulfonamides is 1. The lowest BCUT2D eigenvalue weighted by Crippen LogP contribution is -2.30. The molecule has 10 heteroatoms. The van der Waals surface area contributed by atoms with Crippen molar-refractivity contribution in [1.29, 1.82) is 0 Å². The van der Waals surface area contributed by atoms with Gasteiger partial charge in [0.2, 0.25) is 10.0 Å². The Labute approximate surface area is 113 Å². The largest absolute Gasteiger partial charge is 0.455 e. The van der Waals surface area contributed by atoms with E-state index in [9.17, 15) is 26.4 Å². The van der Waals surface area contributed by atoms with E-state index >= 15 is 0 Å². The lowest BCUT2D eigenvalue weighted by molar-refractivity contribution is -0.136. The molecule has 2 N–H and O–H groups in total. The molecule has 0 aromatic carbocycles. The maximum Gasteiger partial charge on any atom is 0.390 e. The molecule has 0 saturated carbocycles. The smallest absolute Gasteiger partial charge is 0.390 e. The number of alkyl halides is 3. The monoisotopic (exact) mass is 314 g/mol. The van der Waals surface area contributed by atoms with Crippen molar-refractivity contribution >= 4 is 15.9 Å². The van der Waals surface area contributed by atoms with Gasteiger partial charge in [0.25, 0.3) is 5.91 Å². The van der Waals surface area contributed by atoms with E-state index in [1.807, 2.05) is 0 Å². The van der Waals surface area contributed by atoms with Gasteiger partial charge in [-0.25, -0.2) is 13.6 Å². The van der Waals surface area contributed by atoms with Gasteiger partial charge in [0.1, 0.15) is 10.7 Å². The van der Waals surface area contributed by atoms with Crippen molar-refractivity contribution in [2.24, 2.45) is 5.14 Å². The first kappa shape index (κ1) is 16.5. The summed E-state index contributed by atoms with van der Waals surface area (Å²) in [6.07, 6.45) is -5.56. The predicted molar refractivity (Wildman–Crippen MR) is 62.5 cm³/mol. The molecule has 0 bridgehead atoms. The van der Waals surface area contributed by atoms with Gasteiger partial charge in [0.15, 0.2) is 5.76 Å². The molecule has 1 rings (SSSR count). The summed E-state index contributed by atoms with van der Waals surface area (Å²) in [4.78, 5) is 12.2. The van der Waals surface area contributed by atoms with Gasteiger partial charge >= 0.3 is 6.18 Å². The molecule has 0 aliphatic heterocycles. The molecule has 0 atom stereocenters. The number of halogens is 3. The van der Waals surface area contributed by atoms with E-state index in [1.54, 1.807) is 0 Å². The lowest BCUT2D eigenvalue weighted by Gasteiger charge is -2.16. The minimum Gasteiger partial charge on any atom is -0.455 e. The minimum absolute atomic E-state index is 0.0972. The zero-order valence-corrected chi connectivity index (χ0v) is 11.5. The fraction of sp³-hybridized carbons (Fsp3) is 0.500. The van der Waals surface area contributed by atoms with Crippen LogP contribution in [0.15, 0.2) is 15.4 Å². The van der Waals surface area contributed by atoms with Crippen LogP contribution in [0.5, 0.6) is 0 Å². The van der Waals surface area contributed by atoms with Gasteiger partial charge in [0.05, 0.1) is 6.42 Å². The fourth-order valence-corrected chi connectivity index (χ4v) is 2.15. The molecule has 0 radical (unpaired) electrons. The molecule has 0 saturated heterocycles. The van der Waals surface area contributed by atoms with Crippen LogP contribution in [0.3, 0.4) is 0 Å². The van der Waals surface area contributed by atoms with Crippen LogP contribution in [0.25, 0.3) is 0 Å². The van der Waals surface area contributed by atoms with Crippen LogP contribution in [-0.2, 0) is 10.0 Å². The third-order valence-electron chi connectivity index (χ3n) is 2.47. The number of nitrogens with two attached hydrogens (primary N) is 1. The van der Waals surface area contributed by atoms with Crippen LogP contribution >= 0.6 is 0 Å². The van der Waals surface area contributed by atoms with Gasteiger partial charge in [-0.1, -0.05) is 0 Å². The first-order valence-corrected chi connectivity index (χ1v) is 6.92. The maximum atomic E-state index is 12.0. The third-order valence-corrected chi connectivity index (χ3v) is 3.49. The first-order valence-electron chi connectivity index (χ1n) is 5.37. The van der Waals surface area contributed by atoms with Crippen molar-refractivity contribution in [3.63, 3.8) is 0 Å². The average Bonchev–Trinajstić information content (AvgIpc) is 2.65. The topological polar surface area (TPSA) is 93.6 Å². The SMILES string of the molecule is Cc1oc(C(=O)N(C)CCC(F)(F)F)cc1S(N)(=O)=O. The molecule has 0 spiro atoms. The van der Waals surface area contributed by atoms with E-state index in [-0.39, 0.29) is 16.4 Å². The molecule has 1 aromatic heterocycles.